The lowest BCUT2D eigenvalue weighted by molar-refractivity contribution is 0.306. The second-order valence-electron chi connectivity index (χ2n) is 5.52. The smallest absolute Gasteiger partial charge is 0.0284 e. The molecule has 94 valence electrons. The molecule has 0 bridgehead atoms. The van der Waals surface area contributed by atoms with Gasteiger partial charge in [0.15, 0.2) is 0 Å². The molecular weight excluding hydrogens is 208 g/mol. The summed E-state index contributed by atoms with van der Waals surface area (Å²) in [6.07, 6.45) is 4.64. The fourth-order valence-corrected chi connectivity index (χ4v) is 2.20. The molecule has 0 radical (unpaired) electrons. The molecule has 2 N–H and O–H groups in total. The molecule has 17 heavy (non-hydrogen) atoms. The first-order valence-corrected chi connectivity index (χ1v) is 6.66. The summed E-state index contributed by atoms with van der Waals surface area (Å²) in [6, 6.07) is 8.98. The van der Waals surface area contributed by atoms with Crippen molar-refractivity contribution in [2.45, 2.75) is 38.1 Å². The van der Waals surface area contributed by atoms with Crippen LogP contribution in [0.4, 0.5) is 0 Å². The molecule has 1 aliphatic carbocycles. The normalized spacial score (nSPS) is 17.4. The first-order chi connectivity index (χ1) is 8.11. The predicted octanol–water partition coefficient (Wildman–Crippen LogP) is 2.21. The van der Waals surface area contributed by atoms with E-state index in [2.05, 4.69) is 43.1 Å². The van der Waals surface area contributed by atoms with Gasteiger partial charge in [-0.15, -0.1) is 0 Å². The Morgan fingerprint density at radius 3 is 2.29 bits per heavy atom. The van der Waals surface area contributed by atoms with E-state index in [4.69, 9.17) is 5.73 Å². The highest BCUT2D eigenvalue weighted by Gasteiger charge is 2.38. The monoisotopic (exact) mass is 232 g/mol. The van der Waals surface area contributed by atoms with Crippen LogP contribution in [0.5, 0.6) is 0 Å². The Hall–Kier alpha value is -0.860. The number of likely N-dealkylation sites (N-methyl/N-ethyl adjacent to an activating group) is 1. The fourth-order valence-electron chi connectivity index (χ4n) is 2.20. The Morgan fingerprint density at radius 1 is 1.18 bits per heavy atom. The van der Waals surface area contributed by atoms with Gasteiger partial charge in [-0.05, 0) is 43.9 Å². The molecule has 0 atom stereocenters. The zero-order valence-electron chi connectivity index (χ0n) is 11.1. The Balaban J connectivity index is 1.76. The van der Waals surface area contributed by atoms with Crippen molar-refractivity contribution in [2.24, 2.45) is 5.73 Å². The van der Waals surface area contributed by atoms with Crippen LogP contribution in [0, 0.1) is 0 Å². The van der Waals surface area contributed by atoms with E-state index in [0.29, 0.717) is 0 Å². The summed E-state index contributed by atoms with van der Waals surface area (Å²) in [5.74, 6) is 0. The molecule has 2 heteroatoms. The van der Waals surface area contributed by atoms with Crippen LogP contribution < -0.4 is 5.73 Å². The molecule has 2 nitrogen and oxygen atoms in total. The van der Waals surface area contributed by atoms with Crippen LogP contribution in [0.25, 0.3) is 0 Å². The van der Waals surface area contributed by atoms with Crippen molar-refractivity contribution >= 4 is 0 Å². The topological polar surface area (TPSA) is 29.3 Å². The van der Waals surface area contributed by atoms with Gasteiger partial charge in [-0.1, -0.05) is 31.2 Å². The zero-order valence-corrected chi connectivity index (χ0v) is 11.1. The quantitative estimate of drug-likeness (QED) is 0.815. The second kappa shape index (κ2) is 5.19. The minimum atomic E-state index is 0.140. The van der Waals surface area contributed by atoms with Crippen molar-refractivity contribution in [2.75, 3.05) is 20.1 Å². The zero-order chi connectivity index (χ0) is 12.3. The van der Waals surface area contributed by atoms with Gasteiger partial charge >= 0.3 is 0 Å². The third-order valence-corrected chi connectivity index (χ3v) is 3.69. The molecule has 0 saturated heterocycles. The Bertz CT molecular complexity index is 352. The maximum Gasteiger partial charge on any atom is 0.0284 e. The fraction of sp³-hybridized carbons (Fsp3) is 0.600. The number of hydrogen-bond acceptors (Lipinski definition) is 2. The number of rotatable bonds is 6. The van der Waals surface area contributed by atoms with E-state index in [1.54, 1.807) is 0 Å². The van der Waals surface area contributed by atoms with E-state index in [-0.39, 0.29) is 5.54 Å². The highest BCUT2D eigenvalue weighted by Crippen LogP contribution is 2.32. The van der Waals surface area contributed by atoms with E-state index >= 15 is 0 Å². The third-order valence-electron chi connectivity index (χ3n) is 3.69. The summed E-state index contributed by atoms with van der Waals surface area (Å²) in [4.78, 5) is 2.36. The van der Waals surface area contributed by atoms with Gasteiger partial charge in [-0.3, -0.25) is 0 Å². The van der Waals surface area contributed by atoms with Crippen LogP contribution in [-0.4, -0.2) is 30.6 Å². The Morgan fingerprint density at radius 2 is 1.76 bits per heavy atom. The van der Waals surface area contributed by atoms with E-state index in [0.717, 1.165) is 25.9 Å². The minimum absolute atomic E-state index is 0.140. The molecule has 1 aromatic rings. The van der Waals surface area contributed by atoms with Crippen LogP contribution >= 0.6 is 0 Å². The van der Waals surface area contributed by atoms with Crippen molar-refractivity contribution in [3.8, 4) is 0 Å². The molecule has 0 aromatic heterocycles. The first kappa shape index (κ1) is 12.6. The van der Waals surface area contributed by atoms with Crippen molar-refractivity contribution in [3.05, 3.63) is 35.4 Å². The molecule has 0 aliphatic heterocycles. The maximum atomic E-state index is 6.11. The largest absolute Gasteiger partial charge is 0.324 e. The molecule has 1 fully saturated rings. The SMILES string of the molecule is CCc1ccc(CCN(C)CC2(N)CC2)cc1. The third kappa shape index (κ3) is 3.83. The second-order valence-corrected chi connectivity index (χ2v) is 5.52. The van der Waals surface area contributed by atoms with Gasteiger partial charge in [0.1, 0.15) is 0 Å². The number of benzene rings is 1. The maximum absolute atomic E-state index is 6.11. The molecule has 1 saturated carbocycles. The lowest BCUT2D eigenvalue weighted by Crippen LogP contribution is -2.38. The van der Waals surface area contributed by atoms with Crippen molar-refractivity contribution in [1.29, 1.82) is 0 Å². The van der Waals surface area contributed by atoms with Gasteiger partial charge in [0.2, 0.25) is 0 Å². The number of nitrogens with two attached hydrogens (primary N) is 1. The highest BCUT2D eigenvalue weighted by atomic mass is 15.1. The van der Waals surface area contributed by atoms with Crippen LogP contribution in [0.15, 0.2) is 24.3 Å². The van der Waals surface area contributed by atoms with Gasteiger partial charge in [-0.25, -0.2) is 0 Å². The van der Waals surface area contributed by atoms with E-state index < -0.39 is 0 Å². The lowest BCUT2D eigenvalue weighted by atomic mass is 10.1. The van der Waals surface area contributed by atoms with Crippen molar-refractivity contribution < 1.29 is 0 Å². The average Bonchev–Trinajstić information content (AvgIpc) is 3.05. The summed E-state index contributed by atoms with van der Waals surface area (Å²) < 4.78 is 0. The Kier molecular flexibility index (Phi) is 3.85. The van der Waals surface area contributed by atoms with Gasteiger partial charge in [0, 0.05) is 18.6 Å². The molecule has 2 rings (SSSR count). The summed E-state index contributed by atoms with van der Waals surface area (Å²) in [5.41, 5.74) is 9.10. The molecule has 0 amide bonds. The Labute approximate surface area is 105 Å². The van der Waals surface area contributed by atoms with Gasteiger partial charge < -0.3 is 10.6 Å². The summed E-state index contributed by atoms with van der Waals surface area (Å²) >= 11 is 0. The van der Waals surface area contributed by atoms with Gasteiger partial charge in [-0.2, -0.15) is 0 Å². The van der Waals surface area contributed by atoms with Gasteiger partial charge in [0.25, 0.3) is 0 Å². The van der Waals surface area contributed by atoms with E-state index in [1.807, 2.05) is 0 Å². The summed E-state index contributed by atoms with van der Waals surface area (Å²) in [6.45, 7) is 4.34. The van der Waals surface area contributed by atoms with Crippen LogP contribution in [0.3, 0.4) is 0 Å². The molecule has 0 unspecified atom stereocenters. The highest BCUT2D eigenvalue weighted by molar-refractivity contribution is 5.22. The van der Waals surface area contributed by atoms with Gasteiger partial charge in [0.05, 0.1) is 0 Å². The summed E-state index contributed by atoms with van der Waals surface area (Å²) in [5, 5.41) is 0. The lowest BCUT2D eigenvalue weighted by Gasteiger charge is -2.20. The molecular formula is C15H24N2. The van der Waals surface area contributed by atoms with Crippen molar-refractivity contribution in [3.63, 3.8) is 0 Å². The standard InChI is InChI=1S/C15H24N2/c1-3-13-4-6-14(7-5-13)8-11-17(2)12-15(16)9-10-15/h4-7H,3,8-12,16H2,1-2H3. The minimum Gasteiger partial charge on any atom is -0.324 e. The van der Waals surface area contributed by atoms with Crippen LogP contribution in [0.1, 0.15) is 30.9 Å². The average molecular weight is 232 g/mol. The van der Waals surface area contributed by atoms with E-state index in [9.17, 15) is 0 Å². The first-order valence-electron chi connectivity index (χ1n) is 6.66. The molecule has 0 spiro atoms. The number of aryl methyl sites for hydroxylation is 1. The number of nitrogens with zero attached hydrogens (tertiary/aromatic N) is 1. The predicted molar refractivity (Wildman–Crippen MR) is 73.2 cm³/mol. The summed E-state index contributed by atoms with van der Waals surface area (Å²) in [7, 11) is 2.17. The number of hydrogen-bond donors (Lipinski definition) is 1. The molecule has 1 aromatic carbocycles. The van der Waals surface area contributed by atoms with Crippen LogP contribution in [0.2, 0.25) is 0 Å². The van der Waals surface area contributed by atoms with Crippen molar-refractivity contribution in [1.82, 2.24) is 4.90 Å². The van der Waals surface area contributed by atoms with Crippen LogP contribution in [-0.2, 0) is 12.8 Å². The molecule has 0 heterocycles. The van der Waals surface area contributed by atoms with E-state index in [1.165, 1.54) is 24.0 Å². The molecule has 1 aliphatic rings.